The standard InChI is InChI=1S/C10H4N2O9/c13-9(5-1-3-7(19-5)11(15)16)21-10(14)6-2-4-8(20-6)12(17)18/h1-4H. The zero-order valence-electron chi connectivity index (χ0n) is 9.88. The van der Waals surface area contributed by atoms with Crippen molar-refractivity contribution >= 4 is 23.7 Å². The molecule has 11 heteroatoms. The van der Waals surface area contributed by atoms with Gasteiger partial charge in [-0.05, 0) is 12.1 Å². The summed E-state index contributed by atoms with van der Waals surface area (Å²) in [5, 5.41) is 20.7. The van der Waals surface area contributed by atoms with Gasteiger partial charge in [-0.1, -0.05) is 0 Å². The molecule has 0 atom stereocenters. The van der Waals surface area contributed by atoms with Gasteiger partial charge in [0.15, 0.2) is 0 Å². The summed E-state index contributed by atoms with van der Waals surface area (Å²) in [6, 6.07) is 3.69. The van der Waals surface area contributed by atoms with Crippen LogP contribution in [-0.2, 0) is 4.74 Å². The Kier molecular flexibility index (Phi) is 3.47. The predicted octanol–water partition coefficient (Wildman–Crippen LogP) is 1.69. The van der Waals surface area contributed by atoms with E-state index in [1.54, 1.807) is 0 Å². The topological polar surface area (TPSA) is 156 Å². The second-order valence-corrected chi connectivity index (χ2v) is 3.47. The van der Waals surface area contributed by atoms with E-state index in [4.69, 9.17) is 0 Å². The van der Waals surface area contributed by atoms with E-state index in [1.165, 1.54) is 0 Å². The molecule has 108 valence electrons. The van der Waals surface area contributed by atoms with Gasteiger partial charge in [-0.3, -0.25) is 20.2 Å². The van der Waals surface area contributed by atoms with E-state index in [-0.39, 0.29) is 0 Å². The first kappa shape index (κ1) is 13.9. The van der Waals surface area contributed by atoms with Gasteiger partial charge in [0, 0.05) is 0 Å². The lowest BCUT2D eigenvalue weighted by Crippen LogP contribution is -2.11. The lowest BCUT2D eigenvalue weighted by Gasteiger charge is -1.96. The Morgan fingerprint density at radius 3 is 1.52 bits per heavy atom. The van der Waals surface area contributed by atoms with E-state index >= 15 is 0 Å². The molecule has 11 nitrogen and oxygen atoms in total. The number of nitro groups is 2. The molecule has 2 aromatic rings. The molecule has 0 bridgehead atoms. The van der Waals surface area contributed by atoms with Gasteiger partial charge in [0.25, 0.3) is 0 Å². The van der Waals surface area contributed by atoms with E-state index in [2.05, 4.69) is 13.6 Å². The molecule has 0 amide bonds. The summed E-state index contributed by atoms with van der Waals surface area (Å²) in [4.78, 5) is 41.9. The molecule has 0 aliphatic carbocycles. The van der Waals surface area contributed by atoms with Crippen LogP contribution in [0.5, 0.6) is 0 Å². The third kappa shape index (κ3) is 2.91. The molecule has 0 spiro atoms. The highest BCUT2D eigenvalue weighted by Gasteiger charge is 2.24. The highest BCUT2D eigenvalue weighted by atomic mass is 16.7. The predicted molar refractivity (Wildman–Crippen MR) is 60.5 cm³/mol. The smallest absolute Gasteiger partial charge is 0.393 e. The second-order valence-electron chi connectivity index (χ2n) is 3.47. The number of nitrogens with zero attached hydrogens (tertiary/aromatic N) is 2. The zero-order chi connectivity index (χ0) is 15.6. The Hall–Kier alpha value is -3.50. The molecule has 0 N–H and O–H groups in total. The van der Waals surface area contributed by atoms with Crippen molar-refractivity contribution in [3.05, 3.63) is 56.0 Å². The van der Waals surface area contributed by atoms with Gasteiger partial charge in [0.1, 0.15) is 9.85 Å². The first-order valence-corrected chi connectivity index (χ1v) is 5.13. The molecule has 0 aliphatic heterocycles. The van der Waals surface area contributed by atoms with Gasteiger partial charge in [0.2, 0.25) is 11.5 Å². The van der Waals surface area contributed by atoms with E-state index < -0.39 is 45.1 Å². The van der Waals surface area contributed by atoms with Gasteiger partial charge in [-0.15, -0.1) is 0 Å². The largest absolute Gasteiger partial charge is 0.433 e. The fourth-order valence-corrected chi connectivity index (χ4v) is 1.26. The average Bonchev–Trinajstić information content (AvgIpc) is 3.08. The fourth-order valence-electron chi connectivity index (χ4n) is 1.26. The molecule has 0 saturated carbocycles. The van der Waals surface area contributed by atoms with Crippen LogP contribution >= 0.6 is 0 Å². The van der Waals surface area contributed by atoms with Gasteiger partial charge < -0.3 is 13.6 Å². The van der Waals surface area contributed by atoms with Crippen LogP contribution in [0.1, 0.15) is 21.1 Å². The van der Waals surface area contributed by atoms with Crippen LogP contribution in [0.2, 0.25) is 0 Å². The summed E-state index contributed by atoms with van der Waals surface area (Å²) in [6.07, 6.45) is 0. The van der Waals surface area contributed by atoms with Crippen molar-refractivity contribution in [2.24, 2.45) is 0 Å². The molecule has 0 fully saturated rings. The Bertz CT molecular complexity index is 679. The van der Waals surface area contributed by atoms with Gasteiger partial charge in [-0.25, -0.2) is 9.59 Å². The first-order valence-electron chi connectivity index (χ1n) is 5.13. The lowest BCUT2D eigenvalue weighted by molar-refractivity contribution is -0.402. The summed E-state index contributed by atoms with van der Waals surface area (Å²) in [5.41, 5.74) is 0. The monoisotopic (exact) mass is 296 g/mol. The molecule has 2 heterocycles. The minimum Gasteiger partial charge on any atom is -0.393 e. The Morgan fingerprint density at radius 1 is 0.857 bits per heavy atom. The molecular formula is C10H4N2O9. The summed E-state index contributed by atoms with van der Waals surface area (Å²) in [6.45, 7) is 0. The number of rotatable bonds is 4. The highest BCUT2D eigenvalue weighted by Crippen LogP contribution is 2.19. The van der Waals surface area contributed by atoms with E-state index in [9.17, 15) is 29.8 Å². The van der Waals surface area contributed by atoms with Crippen molar-refractivity contribution in [1.82, 2.24) is 0 Å². The van der Waals surface area contributed by atoms with E-state index in [1.807, 2.05) is 0 Å². The Labute approximate surface area is 114 Å². The maximum absolute atomic E-state index is 11.5. The third-order valence-electron chi connectivity index (χ3n) is 2.13. The van der Waals surface area contributed by atoms with Gasteiger partial charge in [-0.2, -0.15) is 0 Å². The molecule has 21 heavy (non-hydrogen) atoms. The lowest BCUT2D eigenvalue weighted by atomic mass is 10.4. The van der Waals surface area contributed by atoms with Crippen LogP contribution in [0.25, 0.3) is 0 Å². The zero-order valence-corrected chi connectivity index (χ0v) is 9.88. The minimum atomic E-state index is -1.30. The maximum atomic E-state index is 11.5. The molecule has 0 unspecified atom stereocenters. The molecular weight excluding hydrogens is 292 g/mol. The van der Waals surface area contributed by atoms with Crippen molar-refractivity contribution in [1.29, 1.82) is 0 Å². The third-order valence-corrected chi connectivity index (χ3v) is 2.13. The normalized spacial score (nSPS) is 10.1. The van der Waals surface area contributed by atoms with Gasteiger partial charge >= 0.3 is 23.7 Å². The van der Waals surface area contributed by atoms with E-state index in [0.717, 1.165) is 24.3 Å². The summed E-state index contributed by atoms with van der Waals surface area (Å²) in [5.74, 6) is -5.16. The number of hydrogen-bond donors (Lipinski definition) is 0. The van der Waals surface area contributed by atoms with Crippen LogP contribution in [0.3, 0.4) is 0 Å². The minimum absolute atomic E-state index is 0.573. The molecule has 0 saturated heterocycles. The Balaban J connectivity index is 2.08. The molecule has 0 aromatic carbocycles. The van der Waals surface area contributed by atoms with Crippen LogP contribution in [0, 0.1) is 20.2 Å². The van der Waals surface area contributed by atoms with Gasteiger partial charge in [0.05, 0.1) is 12.1 Å². The van der Waals surface area contributed by atoms with Crippen molar-refractivity contribution in [3.63, 3.8) is 0 Å². The highest BCUT2D eigenvalue weighted by molar-refractivity contribution is 6.00. The van der Waals surface area contributed by atoms with Crippen molar-refractivity contribution in [3.8, 4) is 0 Å². The molecule has 2 aromatic heterocycles. The quantitative estimate of drug-likeness (QED) is 0.354. The van der Waals surface area contributed by atoms with Crippen LogP contribution in [0.4, 0.5) is 11.8 Å². The maximum Gasteiger partial charge on any atom is 0.433 e. The fraction of sp³-hybridized carbons (Fsp3) is 0. The van der Waals surface area contributed by atoms with Crippen LogP contribution in [0.15, 0.2) is 33.1 Å². The summed E-state index contributed by atoms with van der Waals surface area (Å²) < 4.78 is 13.3. The van der Waals surface area contributed by atoms with Crippen molar-refractivity contribution < 1.29 is 33.0 Å². The molecule has 2 rings (SSSR count). The molecule has 0 aliphatic rings. The second kappa shape index (κ2) is 5.24. The number of carbonyl (C=O) groups is 2. The van der Waals surface area contributed by atoms with Crippen molar-refractivity contribution in [2.45, 2.75) is 0 Å². The number of esters is 2. The Morgan fingerprint density at radius 2 is 1.24 bits per heavy atom. The first-order chi connectivity index (χ1) is 9.88. The number of hydrogen-bond acceptors (Lipinski definition) is 9. The van der Waals surface area contributed by atoms with Crippen LogP contribution in [-0.4, -0.2) is 21.8 Å². The number of carbonyl (C=O) groups excluding carboxylic acids is 2. The van der Waals surface area contributed by atoms with E-state index in [0.29, 0.717) is 0 Å². The summed E-state index contributed by atoms with van der Waals surface area (Å²) in [7, 11) is 0. The summed E-state index contributed by atoms with van der Waals surface area (Å²) >= 11 is 0. The average molecular weight is 296 g/mol. The van der Waals surface area contributed by atoms with Crippen LogP contribution < -0.4 is 0 Å². The van der Waals surface area contributed by atoms with Crippen molar-refractivity contribution in [2.75, 3.05) is 0 Å². The number of furan rings is 2. The SMILES string of the molecule is O=C(OC(=O)c1ccc([N+](=O)[O-])o1)c1ccc([N+](=O)[O-])o1. The molecule has 0 radical (unpaired) electrons. The number of ether oxygens (including phenoxy) is 1.